The van der Waals surface area contributed by atoms with Gasteiger partial charge in [0, 0.05) is 98.9 Å². The fraction of sp³-hybridized carbons (Fsp3) is 0.677. The van der Waals surface area contributed by atoms with Crippen LogP contribution >= 0.6 is 0 Å². The van der Waals surface area contributed by atoms with Crippen molar-refractivity contribution < 1.29 is 143 Å². The van der Waals surface area contributed by atoms with Gasteiger partial charge in [-0.1, -0.05) is 103 Å². The summed E-state index contributed by atoms with van der Waals surface area (Å²) in [4.78, 5) is 185. The lowest BCUT2D eigenvalue weighted by Gasteiger charge is -2.44. The fourth-order valence-electron chi connectivity index (χ4n) is 16.8. The van der Waals surface area contributed by atoms with Gasteiger partial charge in [0.25, 0.3) is 0 Å². The van der Waals surface area contributed by atoms with Crippen LogP contribution in [0.3, 0.4) is 0 Å². The molecule has 43 nitrogen and oxygen atoms in total. The van der Waals surface area contributed by atoms with Gasteiger partial charge in [0.15, 0.2) is 18.9 Å². The number of Topliss-reactive ketones (excluding diaryl/α,β-unsaturated/α-hetero) is 1. The molecule has 142 heavy (non-hydrogen) atoms. The van der Waals surface area contributed by atoms with Crippen molar-refractivity contribution >= 4 is 65.1 Å². The van der Waals surface area contributed by atoms with Crippen molar-refractivity contribution in [2.45, 2.75) is 227 Å². The van der Waals surface area contributed by atoms with E-state index in [1.165, 1.54) is 41.5 Å². The second-order valence-corrected chi connectivity index (χ2v) is 35.5. The van der Waals surface area contributed by atoms with Gasteiger partial charge in [-0.3, -0.25) is 52.7 Å². The van der Waals surface area contributed by atoms with Gasteiger partial charge < -0.3 is 127 Å². The van der Waals surface area contributed by atoms with Gasteiger partial charge in [-0.25, -0.2) is 28.1 Å². The number of hydrogen-bond acceptors (Lipinski definition) is 34. The molecule has 16 unspecified atom stereocenters. The lowest BCUT2D eigenvalue weighted by molar-refractivity contribution is -0.247. The Morgan fingerprint density at radius 1 is 0.380 bits per heavy atom. The number of ketones is 1. The molecule has 7 N–H and O–H groups in total. The van der Waals surface area contributed by atoms with Gasteiger partial charge in [-0.2, -0.15) is 0 Å². The third kappa shape index (κ3) is 39.2. The fourth-order valence-corrected chi connectivity index (χ4v) is 16.8. The molecule has 4 heterocycles. The number of nitrogens with one attached hydrogen (secondary N) is 7. The van der Waals surface area contributed by atoms with Crippen LogP contribution in [0.1, 0.15) is 158 Å². The quantitative estimate of drug-likeness (QED) is 0.0144. The highest BCUT2D eigenvalue weighted by atomic mass is 16.7. The molecule has 3 saturated heterocycles. The molecule has 0 bridgehead atoms. The maximum atomic E-state index is 14.6. The molecule has 16 atom stereocenters. The number of esters is 4. The van der Waals surface area contributed by atoms with Gasteiger partial charge in [0.05, 0.1) is 182 Å². The first-order valence-corrected chi connectivity index (χ1v) is 48.7. The van der Waals surface area contributed by atoms with Crippen LogP contribution in [0.5, 0.6) is 11.5 Å². The average Bonchev–Trinajstić information content (AvgIpc) is 0.748. The monoisotopic (exact) mass is 2010 g/mol. The van der Waals surface area contributed by atoms with Gasteiger partial charge >= 0.3 is 40.9 Å². The summed E-state index contributed by atoms with van der Waals surface area (Å²) >= 11 is 0. The van der Waals surface area contributed by atoms with Crippen molar-refractivity contribution in [2.75, 3.05) is 173 Å². The van der Waals surface area contributed by atoms with Crippen LogP contribution in [0.15, 0.2) is 93.2 Å². The Labute approximate surface area is 829 Å². The van der Waals surface area contributed by atoms with E-state index in [0.717, 1.165) is 13.7 Å². The zero-order chi connectivity index (χ0) is 104. The number of rotatable bonds is 67. The van der Waals surface area contributed by atoms with Crippen molar-refractivity contribution in [1.29, 1.82) is 0 Å². The maximum absolute atomic E-state index is 14.6. The number of carbonyl (C=O) groups is 11. The first kappa shape index (κ1) is 118. The summed E-state index contributed by atoms with van der Waals surface area (Å²) in [7, 11) is 3.09. The molecule has 3 aliphatic rings. The Hall–Kier alpha value is -10.5. The first-order chi connectivity index (χ1) is 68.0. The summed E-state index contributed by atoms with van der Waals surface area (Å²) in [6.07, 6.45) is -6.35. The number of ether oxygens (including phenoxy) is 19. The number of aromatic nitrogens is 3. The molecule has 794 valence electrons. The molecule has 0 spiro atoms. The number of hydrogen-bond donors (Lipinski definition) is 7. The van der Waals surface area contributed by atoms with Crippen LogP contribution in [0, 0.1) is 35.5 Å². The third-order valence-electron chi connectivity index (χ3n) is 25.1. The largest absolute Gasteiger partial charge is 0.497 e. The van der Waals surface area contributed by atoms with Gasteiger partial charge in [0.1, 0.15) is 49.3 Å². The Morgan fingerprint density at radius 2 is 0.746 bits per heavy atom. The van der Waals surface area contributed by atoms with Crippen LogP contribution in [0.2, 0.25) is 0 Å². The Kier molecular flexibility index (Phi) is 52.5. The van der Waals surface area contributed by atoms with E-state index in [1.54, 1.807) is 45.4 Å². The minimum atomic E-state index is -1.66. The van der Waals surface area contributed by atoms with Crippen molar-refractivity contribution in [2.24, 2.45) is 35.5 Å². The van der Waals surface area contributed by atoms with Gasteiger partial charge in [-0.05, 0) is 95.7 Å². The van der Waals surface area contributed by atoms with Crippen molar-refractivity contribution in [3.8, 4) is 11.5 Å². The summed E-state index contributed by atoms with van der Waals surface area (Å²) in [6, 6.07) is 22.4. The predicted molar refractivity (Wildman–Crippen MR) is 512 cm³/mol. The molecule has 7 rings (SSSR count). The molecule has 3 fully saturated rings. The smallest absolute Gasteiger partial charge is 0.336 e. The summed E-state index contributed by atoms with van der Waals surface area (Å²) in [5, 5.41) is 20.3. The SMILES string of the molecule is CCCn1c(=O)n(CCOC(=O)CCC(=O)NC(CCC(=O)CNCCOCCOCCOC2OC(COC(C)=O)C(C)C(C)C2NC(C)=O)(CCC(=O)NCCOCCOCCOC2OC(COC(C)=O)C(C)C(C)C2NC(C)=O)CC(=O)NCCOCCOCCOC2OC(COC(C)=O)C(C)C(C)C2NC(C)=O)c(=O)n(CCOC(c2ccccc2)(c2ccc(OC)cc2)c2ccc(OC)cc2)c1=O. The number of methoxy groups -OCH3 is 2. The number of nitrogens with zero attached hydrogens (tertiary/aromatic N) is 3. The first-order valence-electron chi connectivity index (χ1n) is 48.7. The van der Waals surface area contributed by atoms with E-state index in [0.29, 0.717) is 34.6 Å². The normalized spacial score (nSPS) is 21.5. The van der Waals surface area contributed by atoms with Crippen molar-refractivity contribution in [3.63, 3.8) is 0 Å². The molecule has 43 heteroatoms. The lowest BCUT2D eigenvalue weighted by atomic mass is 9.80. The van der Waals surface area contributed by atoms with E-state index in [9.17, 15) is 67.1 Å². The molecule has 1 aromatic heterocycles. The van der Waals surface area contributed by atoms with Crippen LogP contribution in [-0.4, -0.2) is 312 Å². The molecule has 4 aromatic rings. The standard InChI is InChI=1S/C99H150N10O33/c1-16-39-107-95(121)108(97(123)109(96(107)122)41-46-139-99(76-20-18-17-19-21-76,77-22-26-80(124-14)27-23-77)78-24-28-81(125-15)29-25-78)40-45-132-88(120)31-30-86(118)106-98(59-87(119)102-38-44-128-49-52-131-55-58-135-94-91(105-72(10)112)69(7)66(4)84(142-94)63-138-75(13)115,35-33-85(117)101-37-43-127-48-51-130-54-57-134-93-90(104-71(9)111)68(6)65(3)83(141-93)62-137-74(12)114)34-32-79(116)60-100-36-42-126-47-50-129-53-56-133-92-89(103-70(8)110)67(5)64(2)82(140-92)61-136-73(11)113/h17-29,64-69,82-84,89-94,100H,16,30-63H2,1-15H3,(H,101,117)(H,102,119)(H,103,110)(H,104,111)(H,105,112)(H,106,118). The molecule has 0 aliphatic carbocycles. The maximum Gasteiger partial charge on any atom is 0.336 e. The molecule has 6 amide bonds. The van der Waals surface area contributed by atoms with E-state index in [-0.39, 0.29) is 249 Å². The van der Waals surface area contributed by atoms with E-state index in [4.69, 9.17) is 90.0 Å². The van der Waals surface area contributed by atoms with E-state index in [2.05, 4.69) is 37.2 Å². The average molecular weight is 2010 g/mol. The minimum Gasteiger partial charge on any atom is -0.497 e. The van der Waals surface area contributed by atoms with Crippen LogP contribution < -0.4 is 63.8 Å². The lowest BCUT2D eigenvalue weighted by Crippen LogP contribution is -2.58. The Bertz CT molecular complexity index is 4700. The number of benzene rings is 3. The predicted octanol–water partition coefficient (Wildman–Crippen LogP) is 3.47. The molecule has 3 aliphatic heterocycles. The van der Waals surface area contributed by atoms with E-state index >= 15 is 0 Å². The molecule has 0 saturated carbocycles. The highest BCUT2D eigenvalue weighted by molar-refractivity contribution is 5.85. The Balaban J connectivity index is 1.02. The van der Waals surface area contributed by atoms with E-state index in [1.807, 2.05) is 96.1 Å². The highest BCUT2D eigenvalue weighted by Crippen LogP contribution is 2.43. The summed E-state index contributed by atoms with van der Waals surface area (Å²) < 4.78 is 113. The summed E-state index contributed by atoms with van der Waals surface area (Å²) in [5.74, 6) is -4.83. The second kappa shape index (κ2) is 62.9. The van der Waals surface area contributed by atoms with Crippen molar-refractivity contribution in [3.05, 3.63) is 127 Å². The van der Waals surface area contributed by atoms with Crippen molar-refractivity contribution in [1.82, 2.24) is 50.9 Å². The highest BCUT2D eigenvalue weighted by Gasteiger charge is 2.47. The minimum absolute atomic E-state index is 0.000941. The van der Waals surface area contributed by atoms with Gasteiger partial charge in [-0.15, -0.1) is 0 Å². The molecule has 3 aromatic carbocycles. The number of carbonyl (C=O) groups excluding carboxylic acids is 11. The van der Waals surface area contributed by atoms with E-state index < -0.39 is 158 Å². The van der Waals surface area contributed by atoms with Crippen LogP contribution in [-0.2, 0) is 159 Å². The number of amides is 6. The van der Waals surface area contributed by atoms with Crippen LogP contribution in [0.25, 0.3) is 0 Å². The molecule has 0 radical (unpaired) electrons. The zero-order valence-corrected chi connectivity index (χ0v) is 84.7. The summed E-state index contributed by atoms with van der Waals surface area (Å²) in [5.41, 5.74) is -3.81. The second-order valence-electron chi connectivity index (χ2n) is 35.5. The van der Waals surface area contributed by atoms with Crippen LogP contribution in [0.4, 0.5) is 0 Å². The third-order valence-corrected chi connectivity index (χ3v) is 25.1. The van der Waals surface area contributed by atoms with Gasteiger partial charge in [0.2, 0.25) is 35.4 Å². The zero-order valence-electron chi connectivity index (χ0n) is 84.7. The Morgan fingerprint density at radius 3 is 1.14 bits per heavy atom. The molecular weight excluding hydrogens is 1860 g/mol. The molecular formula is C99H150N10O33. The topological polar surface area (TPSA) is 513 Å². The summed E-state index contributed by atoms with van der Waals surface area (Å²) in [6.45, 7) is 21.3.